The Balaban J connectivity index is 0.851. The van der Waals surface area contributed by atoms with Crippen molar-refractivity contribution in [1.82, 2.24) is 114 Å². The Morgan fingerprint density at radius 3 is 1.37 bits per heavy atom. The van der Waals surface area contributed by atoms with Gasteiger partial charge < -0.3 is 87.1 Å². The highest BCUT2D eigenvalue weighted by atomic mass is 31.2. The molecule has 0 aromatic carbocycles. The summed E-state index contributed by atoms with van der Waals surface area (Å²) in [5.74, 6) is -5.47. The van der Waals surface area contributed by atoms with Gasteiger partial charge in [0.1, 0.15) is 92.0 Å². The van der Waals surface area contributed by atoms with E-state index in [0.717, 1.165) is 14.7 Å². The van der Waals surface area contributed by atoms with Crippen LogP contribution in [0, 0.1) is 0 Å². The van der Waals surface area contributed by atoms with Gasteiger partial charge in [-0.05, 0) is 0 Å². The Hall–Kier alpha value is -10.3. The molecule has 0 saturated carbocycles. The smallest absolute Gasteiger partial charge is 0.403 e. The van der Waals surface area contributed by atoms with E-state index in [0.29, 0.717) is 5.65 Å². The first-order valence-electron chi connectivity index (χ1n) is 25.8. The zero-order valence-electron chi connectivity index (χ0n) is 45.1. The first-order chi connectivity index (χ1) is 41.2. The molecule has 0 bridgehead atoms. The number of imidazole rings is 4. The molecular formula is C45H56N27O13P. The lowest BCUT2D eigenvalue weighted by Gasteiger charge is -2.26. The van der Waals surface area contributed by atoms with Crippen molar-refractivity contribution >= 4 is 117 Å². The lowest BCUT2D eigenvalue weighted by atomic mass is 10.2. The zero-order valence-corrected chi connectivity index (χ0v) is 46.0. The Morgan fingerprint density at radius 1 is 0.570 bits per heavy atom. The Morgan fingerprint density at radius 2 is 0.953 bits per heavy atom. The van der Waals surface area contributed by atoms with Crippen LogP contribution >= 0.6 is 7.75 Å². The highest BCUT2D eigenvalue weighted by Crippen LogP contribution is 2.44. The molecule has 454 valence electrons. The third kappa shape index (κ3) is 14.4. The molecule has 0 radical (unpaired) electrons. The number of amides is 6. The predicted octanol–water partition coefficient (Wildman–Crippen LogP) is -6.05. The van der Waals surface area contributed by atoms with Gasteiger partial charge in [0.25, 0.3) is 0 Å². The molecule has 9 heterocycles. The summed E-state index contributed by atoms with van der Waals surface area (Å²) in [6.45, 7) is -6.51. The van der Waals surface area contributed by atoms with Crippen LogP contribution in [0.25, 0.3) is 44.7 Å². The molecule has 15 N–H and O–H groups in total. The van der Waals surface area contributed by atoms with Crippen LogP contribution in [0.5, 0.6) is 0 Å². The summed E-state index contributed by atoms with van der Waals surface area (Å²) in [4.78, 5) is 156. The number of aliphatic carboxylic acids is 1. The van der Waals surface area contributed by atoms with Crippen LogP contribution in [0.15, 0.2) is 50.6 Å². The molecule has 86 heavy (non-hydrogen) atoms. The lowest BCUT2D eigenvalue weighted by Crippen LogP contribution is -2.49. The van der Waals surface area contributed by atoms with Crippen molar-refractivity contribution in [2.75, 3.05) is 95.0 Å². The molecule has 1 saturated heterocycles. The van der Waals surface area contributed by atoms with Crippen LogP contribution in [-0.4, -0.2) is 234 Å². The number of aliphatic hydroxyl groups excluding tert-OH is 1. The number of ether oxygens (including phenoxy) is 1. The number of nitrogens with two attached hydrogens (primary N) is 4. The number of fused-ring (bicyclic) bond motifs is 4. The van der Waals surface area contributed by atoms with E-state index in [-0.39, 0.29) is 101 Å². The second-order valence-electron chi connectivity index (χ2n) is 18.9. The molecule has 9 rings (SSSR count). The van der Waals surface area contributed by atoms with Gasteiger partial charge in [0.05, 0.1) is 51.6 Å². The van der Waals surface area contributed by atoms with Gasteiger partial charge in [-0.3, -0.25) is 42.7 Å². The van der Waals surface area contributed by atoms with Crippen LogP contribution in [0.1, 0.15) is 12.6 Å². The Kier molecular flexibility index (Phi) is 18.6. The van der Waals surface area contributed by atoms with Crippen molar-refractivity contribution in [3.05, 3.63) is 50.6 Å². The number of rotatable bonds is 28. The van der Waals surface area contributed by atoms with E-state index < -0.39 is 127 Å². The zero-order chi connectivity index (χ0) is 61.2. The molecule has 0 aliphatic carbocycles. The van der Waals surface area contributed by atoms with Gasteiger partial charge >= 0.3 is 13.7 Å². The van der Waals surface area contributed by atoms with Crippen molar-refractivity contribution in [2.24, 2.45) is 0 Å². The Labute approximate surface area is 482 Å². The fourth-order valence-electron chi connectivity index (χ4n) is 8.95. The van der Waals surface area contributed by atoms with E-state index in [9.17, 15) is 48.1 Å². The molecule has 1 aliphatic heterocycles. The number of hydrogen-bond acceptors (Lipinski definition) is 27. The van der Waals surface area contributed by atoms with Gasteiger partial charge in [-0.1, -0.05) is 0 Å². The van der Waals surface area contributed by atoms with Crippen LogP contribution in [0.2, 0.25) is 0 Å². The van der Waals surface area contributed by atoms with E-state index in [2.05, 4.69) is 80.8 Å². The van der Waals surface area contributed by atoms with Crippen LogP contribution in [0.4, 0.5) is 23.3 Å². The third-order valence-corrected chi connectivity index (χ3v) is 14.3. The molecule has 1 unspecified atom stereocenters. The molecule has 1 aliphatic rings. The van der Waals surface area contributed by atoms with Gasteiger partial charge in [-0.15, -0.1) is 0 Å². The highest BCUT2D eigenvalue weighted by Gasteiger charge is 2.41. The van der Waals surface area contributed by atoms with Gasteiger partial charge in [0, 0.05) is 45.7 Å². The number of carboxylic acids is 1. The molecule has 41 heteroatoms. The van der Waals surface area contributed by atoms with Crippen LogP contribution < -0.4 is 44.0 Å². The van der Waals surface area contributed by atoms with Crippen molar-refractivity contribution in [1.29, 1.82) is 0 Å². The molecule has 0 spiro atoms. The second kappa shape index (κ2) is 26.5. The minimum Gasteiger partial charge on any atom is -0.480 e. The van der Waals surface area contributed by atoms with Gasteiger partial charge in [-0.2, -0.15) is 0 Å². The predicted molar refractivity (Wildman–Crippen MR) is 294 cm³/mol. The first-order valence-corrected chi connectivity index (χ1v) is 27.4. The SMILES string of the molecule is Nc1ncnc2c1ncn2CC(=O)N(CCNC(=O)CN(CCNP(=O)(O)O[C@H]1C[C@H](n2cnc3c(N)ncnc32)O[C@@H]1CO)C(=O)Cn1cnc2c(N)ncnc21)CC(=O)NCCN(CC(=O)NCC(=O)O)C(=O)Cn1cnc2c(N)ncnc21. The van der Waals surface area contributed by atoms with Gasteiger partial charge in [0.2, 0.25) is 35.4 Å². The monoisotopic (exact) mass is 1210 g/mol. The number of aromatic nitrogens is 16. The van der Waals surface area contributed by atoms with Gasteiger partial charge in [0.15, 0.2) is 45.9 Å². The number of nitrogens with one attached hydrogen (secondary N) is 4. The van der Waals surface area contributed by atoms with Crippen molar-refractivity contribution < 1.29 is 62.5 Å². The summed E-state index contributed by atoms with van der Waals surface area (Å²) >= 11 is 0. The molecule has 8 aromatic heterocycles. The van der Waals surface area contributed by atoms with E-state index in [1.54, 1.807) is 0 Å². The van der Waals surface area contributed by atoms with E-state index in [1.807, 2.05) is 0 Å². The molecule has 6 amide bonds. The molecular weight excluding hydrogens is 1160 g/mol. The fraction of sp³-hybridized carbons (Fsp3) is 0.400. The quantitative estimate of drug-likeness (QED) is 0.0203. The fourth-order valence-corrected chi connectivity index (χ4v) is 10.00. The minimum absolute atomic E-state index is 0.0377. The number of carbonyl (C=O) groups is 7. The van der Waals surface area contributed by atoms with Crippen LogP contribution in [-0.2, 0) is 67.0 Å². The van der Waals surface area contributed by atoms with Crippen molar-refractivity contribution in [3.8, 4) is 0 Å². The number of hydrogen-bond donors (Lipinski definition) is 11. The highest BCUT2D eigenvalue weighted by molar-refractivity contribution is 7.50. The normalized spacial score (nSPS) is 15.6. The number of carboxylic acid groups (broad SMARTS) is 1. The summed E-state index contributed by atoms with van der Waals surface area (Å²) in [7, 11) is -4.75. The Bertz CT molecular complexity index is 3890. The number of carbonyl (C=O) groups excluding carboxylic acids is 6. The summed E-state index contributed by atoms with van der Waals surface area (Å²) < 4.78 is 30.7. The van der Waals surface area contributed by atoms with E-state index >= 15 is 0 Å². The third-order valence-electron chi connectivity index (χ3n) is 13.1. The molecule has 1 fully saturated rings. The summed E-state index contributed by atoms with van der Waals surface area (Å²) in [6, 6.07) is 0. The molecule has 4 atom stereocenters. The number of nitrogens with zero attached hydrogens (tertiary/aromatic N) is 19. The summed E-state index contributed by atoms with van der Waals surface area (Å²) in [6.07, 6.45) is 6.90. The number of aliphatic hydroxyl groups is 1. The van der Waals surface area contributed by atoms with Crippen LogP contribution in [0.3, 0.4) is 0 Å². The average molecular weight is 1210 g/mol. The second-order valence-corrected chi connectivity index (χ2v) is 20.5. The maximum Gasteiger partial charge on any atom is 0.403 e. The number of anilines is 4. The standard InChI is InChI=1S/C45H56N27O13P/c46-38-34-42(57-16-53-38)69(20-61-34)12-29(77)66(9-26(74)50-2-5-67(11-28(76)52-8-33(80)81)30(78)13-70-21-62-35-39(47)54-17-58-43(35)70)4-1-51-27(75)10-68(31(79)14-71-22-63-36-40(48)55-18-59-44(36)71)6-3-65-86(82,83)85-24-7-32(84-25(24)15-73)72-23-64-37-41(49)56-19-60-45(37)72/h16-25,32,73H,1-15H2,(H,50,74)(H,51,75)(H,52,76)(H,80,81)(H2,46,53,57)(H2,47,54,58)(H2,48,55,59)(H2,49,56,60)(H2,65,82,83)/t24-,25+,32+/m0/s1. The number of nitrogen functional groups attached to an aromatic ring is 4. The summed E-state index contributed by atoms with van der Waals surface area (Å²) in [5.41, 5.74) is 25.6. The maximum atomic E-state index is 14.1. The molecule has 40 nitrogen and oxygen atoms in total. The first kappa shape index (κ1) is 60.3. The molecule has 8 aromatic rings. The van der Waals surface area contributed by atoms with Gasteiger partial charge in [-0.25, -0.2) is 69.5 Å². The van der Waals surface area contributed by atoms with Crippen molar-refractivity contribution in [3.63, 3.8) is 0 Å². The van der Waals surface area contributed by atoms with Crippen molar-refractivity contribution in [2.45, 2.75) is 44.5 Å². The largest absolute Gasteiger partial charge is 0.480 e. The minimum atomic E-state index is -4.75. The topological polar surface area (TPSA) is 552 Å². The van der Waals surface area contributed by atoms with E-state index in [4.69, 9.17) is 37.3 Å². The summed E-state index contributed by atoms with van der Waals surface area (Å²) in [5, 5.41) is 29.1. The average Bonchev–Trinajstić information content (AvgIpc) is 3.12. The maximum absolute atomic E-state index is 14.1. The lowest BCUT2D eigenvalue weighted by molar-refractivity contribution is -0.139. The van der Waals surface area contributed by atoms with E-state index in [1.165, 1.54) is 68.9 Å².